The molecule has 0 bridgehead atoms. The lowest BCUT2D eigenvalue weighted by Crippen LogP contribution is -2.26. The Hall–Kier alpha value is -2.45. The SMILES string of the molecule is Cc1ccc([N+](=O)[O-])cc1S(=O)(=O)NCCCc1ccc(OC(C)C)cc1. The van der Waals surface area contributed by atoms with Crippen LogP contribution in [0.4, 0.5) is 5.69 Å². The van der Waals surface area contributed by atoms with Crippen molar-refractivity contribution in [2.75, 3.05) is 6.54 Å². The third-order valence-electron chi connectivity index (χ3n) is 3.90. The number of non-ortho nitro benzene ring substituents is 1. The summed E-state index contributed by atoms with van der Waals surface area (Å²) in [6.45, 7) is 5.78. The molecule has 0 saturated carbocycles. The third-order valence-corrected chi connectivity index (χ3v) is 5.50. The third kappa shape index (κ3) is 6.04. The van der Waals surface area contributed by atoms with E-state index < -0.39 is 14.9 Å². The number of benzene rings is 2. The fourth-order valence-corrected chi connectivity index (χ4v) is 3.91. The van der Waals surface area contributed by atoms with Crippen LogP contribution in [0.25, 0.3) is 0 Å². The zero-order valence-electron chi connectivity index (χ0n) is 15.6. The van der Waals surface area contributed by atoms with Gasteiger partial charge in [0, 0.05) is 18.7 Å². The topological polar surface area (TPSA) is 98.5 Å². The van der Waals surface area contributed by atoms with E-state index in [4.69, 9.17) is 4.74 Å². The summed E-state index contributed by atoms with van der Waals surface area (Å²) in [6.07, 6.45) is 1.43. The minimum Gasteiger partial charge on any atom is -0.491 e. The molecule has 27 heavy (non-hydrogen) atoms. The van der Waals surface area contributed by atoms with Crippen molar-refractivity contribution in [3.05, 3.63) is 63.7 Å². The summed E-state index contributed by atoms with van der Waals surface area (Å²) in [5.74, 6) is 0.801. The van der Waals surface area contributed by atoms with Gasteiger partial charge in [0.05, 0.1) is 15.9 Å². The van der Waals surface area contributed by atoms with Crippen LogP contribution < -0.4 is 9.46 Å². The Labute approximate surface area is 159 Å². The Morgan fingerprint density at radius 1 is 1.15 bits per heavy atom. The molecule has 1 N–H and O–H groups in total. The molecular formula is C19H24N2O5S. The highest BCUT2D eigenvalue weighted by molar-refractivity contribution is 7.89. The van der Waals surface area contributed by atoms with Gasteiger partial charge in [-0.05, 0) is 56.9 Å². The van der Waals surface area contributed by atoms with E-state index in [-0.39, 0.29) is 23.2 Å². The lowest BCUT2D eigenvalue weighted by molar-refractivity contribution is -0.385. The number of nitrogens with one attached hydrogen (secondary N) is 1. The molecular weight excluding hydrogens is 368 g/mol. The number of nitrogens with zero attached hydrogens (tertiary/aromatic N) is 1. The van der Waals surface area contributed by atoms with Crippen molar-refractivity contribution >= 4 is 15.7 Å². The van der Waals surface area contributed by atoms with Gasteiger partial charge in [0.2, 0.25) is 10.0 Å². The van der Waals surface area contributed by atoms with Crippen LogP contribution in [0.15, 0.2) is 47.4 Å². The average molecular weight is 392 g/mol. The van der Waals surface area contributed by atoms with Crippen molar-refractivity contribution < 1.29 is 18.1 Å². The molecule has 7 nitrogen and oxygen atoms in total. The van der Waals surface area contributed by atoms with Gasteiger partial charge < -0.3 is 4.74 Å². The number of aryl methyl sites for hydroxylation is 2. The van der Waals surface area contributed by atoms with Crippen LogP contribution in [0.3, 0.4) is 0 Å². The smallest absolute Gasteiger partial charge is 0.270 e. The molecule has 0 spiro atoms. The lowest BCUT2D eigenvalue weighted by atomic mass is 10.1. The molecule has 0 aromatic heterocycles. The Morgan fingerprint density at radius 3 is 2.41 bits per heavy atom. The second-order valence-electron chi connectivity index (χ2n) is 6.52. The van der Waals surface area contributed by atoms with E-state index in [1.807, 2.05) is 38.1 Å². The maximum atomic E-state index is 12.4. The summed E-state index contributed by atoms with van der Waals surface area (Å²) in [6, 6.07) is 11.5. The van der Waals surface area contributed by atoms with Gasteiger partial charge in [0.1, 0.15) is 5.75 Å². The summed E-state index contributed by atoms with van der Waals surface area (Å²) in [4.78, 5) is 10.2. The van der Waals surface area contributed by atoms with E-state index >= 15 is 0 Å². The standard InChI is InChI=1S/C19H24N2O5S/c1-14(2)26-18-10-7-16(8-11-18)5-4-12-20-27(24,25)19-13-17(21(22)23)9-6-15(19)3/h6-11,13-14,20H,4-5,12H2,1-3H3. The van der Waals surface area contributed by atoms with E-state index in [2.05, 4.69) is 4.72 Å². The highest BCUT2D eigenvalue weighted by Crippen LogP contribution is 2.21. The fourth-order valence-electron chi connectivity index (χ4n) is 2.58. The second-order valence-corrected chi connectivity index (χ2v) is 8.25. The summed E-state index contributed by atoms with van der Waals surface area (Å²) in [7, 11) is -3.80. The molecule has 2 rings (SSSR count). The van der Waals surface area contributed by atoms with Crippen LogP contribution in [-0.4, -0.2) is 26.0 Å². The van der Waals surface area contributed by atoms with Gasteiger partial charge in [-0.15, -0.1) is 0 Å². The number of nitro groups is 1. The summed E-state index contributed by atoms with van der Waals surface area (Å²) >= 11 is 0. The highest BCUT2D eigenvalue weighted by atomic mass is 32.2. The van der Waals surface area contributed by atoms with Gasteiger partial charge in [-0.3, -0.25) is 10.1 Å². The largest absolute Gasteiger partial charge is 0.491 e. The van der Waals surface area contributed by atoms with Gasteiger partial charge in [-0.25, -0.2) is 13.1 Å². The van der Waals surface area contributed by atoms with E-state index in [1.54, 1.807) is 6.92 Å². The van der Waals surface area contributed by atoms with E-state index in [1.165, 1.54) is 12.1 Å². The number of rotatable bonds is 9. The van der Waals surface area contributed by atoms with Crippen molar-refractivity contribution in [3.8, 4) is 5.75 Å². The van der Waals surface area contributed by atoms with Crippen molar-refractivity contribution in [2.45, 2.75) is 44.6 Å². The van der Waals surface area contributed by atoms with Crippen molar-refractivity contribution in [2.24, 2.45) is 0 Å². The molecule has 0 radical (unpaired) electrons. The molecule has 146 valence electrons. The average Bonchev–Trinajstić information content (AvgIpc) is 2.59. The Balaban J connectivity index is 1.92. The summed E-state index contributed by atoms with van der Waals surface area (Å²) < 4.78 is 33.0. The molecule has 0 heterocycles. The maximum absolute atomic E-state index is 12.4. The molecule has 0 unspecified atom stereocenters. The van der Waals surface area contributed by atoms with Crippen LogP contribution >= 0.6 is 0 Å². The first-order chi connectivity index (χ1) is 12.7. The van der Waals surface area contributed by atoms with E-state index in [0.717, 1.165) is 17.4 Å². The Bertz CT molecular complexity index is 893. The molecule has 0 fully saturated rings. The zero-order valence-corrected chi connectivity index (χ0v) is 16.5. The number of nitro benzene ring substituents is 1. The van der Waals surface area contributed by atoms with Crippen LogP contribution in [0, 0.1) is 17.0 Å². The predicted octanol–water partition coefficient (Wildman–Crippen LogP) is 3.60. The minimum absolute atomic E-state index is 0.0631. The molecule has 2 aromatic carbocycles. The molecule has 8 heteroatoms. The van der Waals surface area contributed by atoms with Crippen molar-refractivity contribution in [3.63, 3.8) is 0 Å². The normalized spacial score (nSPS) is 11.6. The van der Waals surface area contributed by atoms with Crippen molar-refractivity contribution in [1.29, 1.82) is 0 Å². The zero-order chi connectivity index (χ0) is 20.0. The molecule has 0 atom stereocenters. The van der Waals surface area contributed by atoms with Crippen LogP contribution in [0.5, 0.6) is 5.75 Å². The molecule has 0 aliphatic heterocycles. The first-order valence-electron chi connectivity index (χ1n) is 8.69. The molecule has 0 aliphatic carbocycles. The molecule has 0 saturated heterocycles. The Morgan fingerprint density at radius 2 is 1.81 bits per heavy atom. The van der Waals surface area contributed by atoms with E-state index in [9.17, 15) is 18.5 Å². The van der Waals surface area contributed by atoms with Crippen LogP contribution in [0.2, 0.25) is 0 Å². The first kappa shape index (κ1) is 20.9. The van der Waals surface area contributed by atoms with Gasteiger partial charge in [0.25, 0.3) is 5.69 Å². The maximum Gasteiger partial charge on any atom is 0.270 e. The Kier molecular flexibility index (Phi) is 6.92. The summed E-state index contributed by atoms with van der Waals surface area (Å²) in [5.41, 5.74) is 1.30. The van der Waals surface area contributed by atoms with E-state index in [0.29, 0.717) is 18.4 Å². The highest BCUT2D eigenvalue weighted by Gasteiger charge is 2.19. The summed E-state index contributed by atoms with van der Waals surface area (Å²) in [5, 5.41) is 10.9. The van der Waals surface area contributed by atoms with Crippen LogP contribution in [-0.2, 0) is 16.4 Å². The first-order valence-corrected chi connectivity index (χ1v) is 10.2. The van der Waals surface area contributed by atoms with Gasteiger partial charge >= 0.3 is 0 Å². The lowest BCUT2D eigenvalue weighted by Gasteiger charge is -2.11. The molecule has 2 aromatic rings. The quantitative estimate of drug-likeness (QED) is 0.399. The van der Waals surface area contributed by atoms with Gasteiger partial charge in [0.15, 0.2) is 0 Å². The second kappa shape index (κ2) is 8.96. The molecule has 0 amide bonds. The number of hydrogen-bond acceptors (Lipinski definition) is 5. The fraction of sp³-hybridized carbons (Fsp3) is 0.368. The van der Waals surface area contributed by atoms with Crippen molar-refractivity contribution in [1.82, 2.24) is 4.72 Å². The van der Waals surface area contributed by atoms with Gasteiger partial charge in [-0.1, -0.05) is 18.2 Å². The predicted molar refractivity (Wildman–Crippen MR) is 104 cm³/mol. The number of ether oxygens (including phenoxy) is 1. The monoisotopic (exact) mass is 392 g/mol. The molecule has 0 aliphatic rings. The van der Waals surface area contributed by atoms with Gasteiger partial charge in [-0.2, -0.15) is 0 Å². The number of sulfonamides is 1. The van der Waals surface area contributed by atoms with Crippen LogP contribution in [0.1, 0.15) is 31.4 Å². The number of hydrogen-bond donors (Lipinski definition) is 1. The minimum atomic E-state index is -3.80.